The van der Waals surface area contributed by atoms with E-state index >= 15 is 0 Å². The van der Waals surface area contributed by atoms with Crippen LogP contribution in [0.3, 0.4) is 0 Å². The molecule has 1 rings (SSSR count). The standard InChI is InChI=1S/C10H23NO3S.C7H8O3S/c1-4-11(5-2,6-3)9-7-8-10-15(12,13)14;1-6-2-4-7(5-3-6)11(8,9)10/h4-10H2,1-3H3;2-5H,1H3,(H,8,9,10)/p+1. The molecule has 0 aromatic heterocycles. The Balaban J connectivity index is 0.000000502. The smallest absolute Gasteiger partial charge is 0.294 e. The molecule has 0 bridgehead atoms. The first kappa shape index (κ1) is 25.0. The largest absolute Gasteiger partial charge is 0.324 e. The van der Waals surface area contributed by atoms with Gasteiger partial charge < -0.3 is 4.48 Å². The third kappa shape index (κ3) is 10.2. The molecule has 0 saturated heterocycles. The molecule has 152 valence electrons. The van der Waals surface area contributed by atoms with Crippen LogP contribution in [0.25, 0.3) is 0 Å². The van der Waals surface area contributed by atoms with Gasteiger partial charge in [-0.1, -0.05) is 17.7 Å². The molecule has 0 radical (unpaired) electrons. The average molecular weight is 411 g/mol. The van der Waals surface area contributed by atoms with E-state index in [0.29, 0.717) is 6.42 Å². The molecule has 26 heavy (non-hydrogen) atoms. The Kier molecular flexibility index (Phi) is 10.6. The fraction of sp³-hybridized carbons (Fsp3) is 0.647. The molecule has 9 heteroatoms. The molecule has 1 aromatic rings. The second-order valence-electron chi connectivity index (χ2n) is 6.30. The molecule has 0 amide bonds. The van der Waals surface area contributed by atoms with E-state index in [-0.39, 0.29) is 10.6 Å². The lowest BCUT2D eigenvalue weighted by molar-refractivity contribution is -0.923. The highest BCUT2D eigenvalue weighted by molar-refractivity contribution is 7.86. The molecule has 0 saturated carbocycles. The number of unbranched alkanes of at least 4 members (excludes halogenated alkanes) is 1. The maximum Gasteiger partial charge on any atom is 0.294 e. The Bertz CT molecular complexity index is 715. The number of rotatable bonds is 9. The maximum absolute atomic E-state index is 10.5. The minimum atomic E-state index is -4.02. The minimum Gasteiger partial charge on any atom is -0.324 e. The van der Waals surface area contributed by atoms with Crippen LogP contribution in [-0.4, -0.2) is 62.4 Å². The first-order valence-corrected chi connectivity index (χ1v) is 11.8. The van der Waals surface area contributed by atoms with Crippen molar-refractivity contribution in [3.05, 3.63) is 29.8 Å². The zero-order valence-corrected chi connectivity index (χ0v) is 17.7. The predicted molar refractivity (Wildman–Crippen MR) is 103 cm³/mol. The highest BCUT2D eigenvalue weighted by atomic mass is 32.2. The second kappa shape index (κ2) is 11.0. The van der Waals surface area contributed by atoms with Crippen LogP contribution in [0.4, 0.5) is 0 Å². The summed E-state index contributed by atoms with van der Waals surface area (Å²) in [6.07, 6.45) is 1.41. The zero-order valence-electron chi connectivity index (χ0n) is 16.1. The van der Waals surface area contributed by atoms with Crippen molar-refractivity contribution in [1.29, 1.82) is 0 Å². The fourth-order valence-electron chi connectivity index (χ4n) is 2.59. The summed E-state index contributed by atoms with van der Waals surface area (Å²) >= 11 is 0. The summed E-state index contributed by atoms with van der Waals surface area (Å²) in [6.45, 7) is 12.6. The summed E-state index contributed by atoms with van der Waals surface area (Å²) in [5, 5.41) is 0. The third-order valence-electron chi connectivity index (χ3n) is 4.62. The molecule has 0 aliphatic rings. The summed E-state index contributed by atoms with van der Waals surface area (Å²) in [5.41, 5.74) is 0.956. The minimum absolute atomic E-state index is 0.0666. The van der Waals surface area contributed by atoms with Gasteiger partial charge >= 0.3 is 0 Å². The van der Waals surface area contributed by atoms with Gasteiger partial charge in [0.25, 0.3) is 20.2 Å². The number of aryl methyl sites for hydroxylation is 1. The van der Waals surface area contributed by atoms with Crippen LogP contribution in [0.2, 0.25) is 0 Å². The quantitative estimate of drug-likeness (QED) is 0.368. The van der Waals surface area contributed by atoms with E-state index in [2.05, 4.69) is 20.8 Å². The molecule has 0 heterocycles. The number of quaternary nitrogens is 1. The second-order valence-corrected chi connectivity index (χ2v) is 9.29. The van der Waals surface area contributed by atoms with Crippen molar-refractivity contribution in [2.24, 2.45) is 0 Å². The van der Waals surface area contributed by atoms with Crippen LogP contribution >= 0.6 is 0 Å². The Hall–Kier alpha value is -1.00. The maximum atomic E-state index is 10.5. The van der Waals surface area contributed by atoms with E-state index in [1.807, 2.05) is 6.92 Å². The van der Waals surface area contributed by atoms with Gasteiger partial charge in [-0.2, -0.15) is 16.8 Å². The Morgan fingerprint density at radius 3 is 1.65 bits per heavy atom. The van der Waals surface area contributed by atoms with E-state index in [1.54, 1.807) is 12.1 Å². The van der Waals surface area contributed by atoms with Crippen LogP contribution in [0, 0.1) is 6.92 Å². The molecule has 1 aromatic carbocycles. The molecule has 0 aliphatic carbocycles. The normalized spacial score (nSPS) is 12.4. The van der Waals surface area contributed by atoms with Crippen LogP contribution in [-0.2, 0) is 20.2 Å². The van der Waals surface area contributed by atoms with Gasteiger partial charge in [-0.15, -0.1) is 0 Å². The molecular weight excluding hydrogens is 378 g/mol. The van der Waals surface area contributed by atoms with Gasteiger partial charge in [-0.3, -0.25) is 9.11 Å². The molecule has 7 nitrogen and oxygen atoms in total. The van der Waals surface area contributed by atoms with Crippen molar-refractivity contribution < 1.29 is 30.4 Å². The lowest BCUT2D eigenvalue weighted by Crippen LogP contribution is -2.48. The Morgan fingerprint density at radius 2 is 1.31 bits per heavy atom. The van der Waals surface area contributed by atoms with Crippen LogP contribution in [0.15, 0.2) is 29.2 Å². The molecule has 0 atom stereocenters. The first-order chi connectivity index (χ1) is 11.9. The van der Waals surface area contributed by atoms with E-state index in [4.69, 9.17) is 9.11 Å². The van der Waals surface area contributed by atoms with E-state index in [1.165, 1.54) is 12.1 Å². The number of hydrogen-bond acceptors (Lipinski definition) is 4. The summed E-state index contributed by atoms with van der Waals surface area (Å²) in [5.74, 6) is -0.107. The average Bonchev–Trinajstić information content (AvgIpc) is 2.55. The zero-order chi connectivity index (χ0) is 20.4. The Labute approximate surface area is 158 Å². The van der Waals surface area contributed by atoms with Crippen molar-refractivity contribution in [1.82, 2.24) is 0 Å². The van der Waals surface area contributed by atoms with Gasteiger partial charge in [0, 0.05) is 0 Å². The fourth-order valence-corrected chi connectivity index (χ4v) is 3.64. The summed E-state index contributed by atoms with van der Waals surface area (Å²) in [6, 6.07) is 5.99. The summed E-state index contributed by atoms with van der Waals surface area (Å²) in [4.78, 5) is -0.0666. The predicted octanol–water partition coefficient (Wildman–Crippen LogP) is 2.77. The van der Waals surface area contributed by atoms with Gasteiger partial charge in [0.15, 0.2) is 0 Å². The lowest BCUT2D eigenvalue weighted by atomic mass is 10.2. The van der Waals surface area contributed by atoms with Crippen LogP contribution < -0.4 is 0 Å². The Morgan fingerprint density at radius 1 is 0.846 bits per heavy atom. The van der Waals surface area contributed by atoms with Crippen LogP contribution in [0.1, 0.15) is 39.2 Å². The van der Waals surface area contributed by atoms with Crippen molar-refractivity contribution in [3.8, 4) is 0 Å². The molecule has 0 spiro atoms. The van der Waals surface area contributed by atoms with Gasteiger partial charge in [0.2, 0.25) is 0 Å². The van der Waals surface area contributed by atoms with Crippen LogP contribution in [0.5, 0.6) is 0 Å². The topological polar surface area (TPSA) is 109 Å². The SMILES string of the molecule is CC[N+](CC)(CC)CCCCS(=O)(=O)O.Cc1ccc(S(=O)(=O)O)cc1. The van der Waals surface area contributed by atoms with Crippen molar-refractivity contribution in [3.63, 3.8) is 0 Å². The van der Waals surface area contributed by atoms with Crippen molar-refractivity contribution in [2.75, 3.05) is 31.9 Å². The number of nitrogens with zero attached hydrogens (tertiary/aromatic N) is 1. The molecule has 0 unspecified atom stereocenters. The summed E-state index contributed by atoms with van der Waals surface area (Å²) in [7, 11) is -7.79. The van der Waals surface area contributed by atoms with Crippen molar-refractivity contribution in [2.45, 2.75) is 45.4 Å². The van der Waals surface area contributed by atoms with Gasteiger partial charge in [0.1, 0.15) is 0 Å². The van der Waals surface area contributed by atoms with E-state index in [0.717, 1.165) is 42.6 Å². The van der Waals surface area contributed by atoms with Crippen molar-refractivity contribution >= 4 is 20.2 Å². The first-order valence-electron chi connectivity index (χ1n) is 8.73. The number of hydrogen-bond donors (Lipinski definition) is 2. The van der Waals surface area contributed by atoms with Gasteiger partial charge in [-0.05, 0) is 52.7 Å². The van der Waals surface area contributed by atoms with E-state index < -0.39 is 20.2 Å². The van der Waals surface area contributed by atoms with Gasteiger partial charge in [-0.25, -0.2) is 0 Å². The lowest BCUT2D eigenvalue weighted by Gasteiger charge is -2.35. The number of benzene rings is 1. The summed E-state index contributed by atoms with van der Waals surface area (Å²) < 4.78 is 60.2. The molecular formula is C17H32NO6S2+. The molecule has 0 fully saturated rings. The molecule has 0 aliphatic heterocycles. The van der Waals surface area contributed by atoms with E-state index in [9.17, 15) is 16.8 Å². The highest BCUT2D eigenvalue weighted by Gasteiger charge is 2.20. The highest BCUT2D eigenvalue weighted by Crippen LogP contribution is 2.09. The van der Waals surface area contributed by atoms with Gasteiger partial charge in [0.05, 0.1) is 36.8 Å². The molecule has 2 N–H and O–H groups in total. The monoisotopic (exact) mass is 410 g/mol. The third-order valence-corrected chi connectivity index (χ3v) is 6.29.